The van der Waals surface area contributed by atoms with Crippen molar-refractivity contribution >= 4 is 33.0 Å². The standard InChI is InChI=1S/C12H11BrN2O2S/c13-11-8-18-7-10(11)6-14-5-9-3-1-2-4-12(9)15(16)17/h1-4,7-8,14H,5-6H2. The predicted molar refractivity (Wildman–Crippen MR) is 75.7 cm³/mol. The van der Waals surface area contributed by atoms with Crippen LogP contribution in [0.2, 0.25) is 0 Å². The van der Waals surface area contributed by atoms with Gasteiger partial charge < -0.3 is 5.32 Å². The normalized spacial score (nSPS) is 10.5. The van der Waals surface area contributed by atoms with E-state index >= 15 is 0 Å². The van der Waals surface area contributed by atoms with Crippen LogP contribution in [0.1, 0.15) is 11.1 Å². The summed E-state index contributed by atoms with van der Waals surface area (Å²) in [5.41, 5.74) is 2.03. The Morgan fingerprint density at radius 2 is 1.94 bits per heavy atom. The quantitative estimate of drug-likeness (QED) is 0.673. The zero-order chi connectivity index (χ0) is 13.0. The summed E-state index contributed by atoms with van der Waals surface area (Å²) in [5.74, 6) is 0. The molecule has 18 heavy (non-hydrogen) atoms. The topological polar surface area (TPSA) is 55.2 Å². The molecular weight excluding hydrogens is 316 g/mol. The fourth-order valence-corrected chi connectivity index (χ4v) is 3.05. The van der Waals surface area contributed by atoms with Crippen LogP contribution < -0.4 is 5.32 Å². The van der Waals surface area contributed by atoms with E-state index in [4.69, 9.17) is 0 Å². The molecule has 0 amide bonds. The lowest BCUT2D eigenvalue weighted by atomic mass is 10.2. The number of benzene rings is 1. The third kappa shape index (κ3) is 3.16. The molecular formula is C12H11BrN2O2S. The fraction of sp³-hybridized carbons (Fsp3) is 0.167. The van der Waals surface area contributed by atoms with Gasteiger partial charge in [-0.05, 0) is 26.9 Å². The Morgan fingerprint density at radius 3 is 2.61 bits per heavy atom. The Kier molecular flexibility index (Phi) is 4.46. The number of halogens is 1. The molecule has 0 atom stereocenters. The molecule has 0 aliphatic carbocycles. The minimum Gasteiger partial charge on any atom is -0.308 e. The SMILES string of the molecule is O=[N+]([O-])c1ccccc1CNCc1cscc1Br. The van der Waals surface area contributed by atoms with Crippen LogP contribution in [0.5, 0.6) is 0 Å². The van der Waals surface area contributed by atoms with Gasteiger partial charge in [0.15, 0.2) is 0 Å². The van der Waals surface area contributed by atoms with Crippen LogP contribution >= 0.6 is 27.3 Å². The highest BCUT2D eigenvalue weighted by molar-refractivity contribution is 9.10. The summed E-state index contributed by atoms with van der Waals surface area (Å²) in [5, 5.41) is 18.1. The number of hydrogen-bond donors (Lipinski definition) is 1. The van der Waals surface area contributed by atoms with Gasteiger partial charge in [-0.3, -0.25) is 10.1 Å². The fourth-order valence-electron chi connectivity index (χ4n) is 1.60. The number of hydrogen-bond acceptors (Lipinski definition) is 4. The van der Waals surface area contributed by atoms with Crippen molar-refractivity contribution in [3.8, 4) is 0 Å². The first-order valence-electron chi connectivity index (χ1n) is 5.32. The number of nitrogens with one attached hydrogen (secondary N) is 1. The minimum absolute atomic E-state index is 0.161. The van der Waals surface area contributed by atoms with E-state index in [-0.39, 0.29) is 10.6 Å². The van der Waals surface area contributed by atoms with Crippen molar-refractivity contribution in [2.75, 3.05) is 0 Å². The van der Waals surface area contributed by atoms with Crippen LogP contribution in [0.25, 0.3) is 0 Å². The number of para-hydroxylation sites is 1. The molecule has 0 aliphatic rings. The Morgan fingerprint density at radius 1 is 1.22 bits per heavy atom. The van der Waals surface area contributed by atoms with E-state index < -0.39 is 0 Å². The van der Waals surface area contributed by atoms with Gasteiger partial charge in [-0.25, -0.2) is 0 Å². The molecule has 2 rings (SSSR count). The van der Waals surface area contributed by atoms with Gasteiger partial charge in [-0.2, -0.15) is 11.3 Å². The molecule has 1 N–H and O–H groups in total. The lowest BCUT2D eigenvalue weighted by Gasteiger charge is -2.05. The van der Waals surface area contributed by atoms with Crippen molar-refractivity contribution in [2.24, 2.45) is 0 Å². The van der Waals surface area contributed by atoms with Crippen LogP contribution in [-0.2, 0) is 13.1 Å². The molecule has 0 unspecified atom stereocenters. The van der Waals surface area contributed by atoms with Gasteiger partial charge in [0.1, 0.15) is 0 Å². The summed E-state index contributed by atoms with van der Waals surface area (Å²) in [7, 11) is 0. The van der Waals surface area contributed by atoms with Crippen molar-refractivity contribution in [3.63, 3.8) is 0 Å². The third-order valence-corrected chi connectivity index (χ3v) is 4.34. The Bertz CT molecular complexity index is 557. The van der Waals surface area contributed by atoms with E-state index in [0.29, 0.717) is 18.7 Å². The molecule has 0 aliphatic heterocycles. The van der Waals surface area contributed by atoms with Crippen LogP contribution in [0.15, 0.2) is 39.5 Å². The van der Waals surface area contributed by atoms with Crippen molar-refractivity contribution in [2.45, 2.75) is 13.1 Å². The molecule has 6 heteroatoms. The van der Waals surface area contributed by atoms with E-state index in [9.17, 15) is 10.1 Å². The van der Waals surface area contributed by atoms with Crippen LogP contribution in [-0.4, -0.2) is 4.92 Å². The molecule has 0 bridgehead atoms. The highest BCUT2D eigenvalue weighted by atomic mass is 79.9. The Hall–Kier alpha value is -1.24. The Balaban J connectivity index is 1.99. The summed E-state index contributed by atoms with van der Waals surface area (Å²) in [6.07, 6.45) is 0. The molecule has 0 fully saturated rings. The van der Waals surface area contributed by atoms with E-state index in [0.717, 1.165) is 4.47 Å². The lowest BCUT2D eigenvalue weighted by Crippen LogP contribution is -2.13. The minimum atomic E-state index is -0.350. The maximum absolute atomic E-state index is 10.8. The predicted octanol–water partition coefficient (Wildman–Crippen LogP) is 3.71. The zero-order valence-corrected chi connectivity index (χ0v) is 11.8. The first kappa shape index (κ1) is 13.2. The average molecular weight is 327 g/mol. The molecule has 0 saturated carbocycles. The van der Waals surface area contributed by atoms with Gasteiger partial charge in [0.2, 0.25) is 0 Å². The average Bonchev–Trinajstić information content (AvgIpc) is 2.76. The van der Waals surface area contributed by atoms with Gasteiger partial charge in [0.05, 0.1) is 4.92 Å². The molecule has 0 saturated heterocycles. The number of nitrogens with zero attached hydrogens (tertiary/aromatic N) is 1. The molecule has 94 valence electrons. The number of nitro groups is 1. The molecule has 1 aromatic carbocycles. The first-order chi connectivity index (χ1) is 8.68. The van der Waals surface area contributed by atoms with Crippen molar-refractivity contribution in [3.05, 3.63) is 60.7 Å². The third-order valence-electron chi connectivity index (χ3n) is 2.51. The van der Waals surface area contributed by atoms with Gasteiger partial charge >= 0.3 is 0 Å². The monoisotopic (exact) mass is 326 g/mol. The van der Waals surface area contributed by atoms with Crippen LogP contribution in [0.3, 0.4) is 0 Å². The molecule has 0 radical (unpaired) electrons. The van der Waals surface area contributed by atoms with Gasteiger partial charge in [-0.15, -0.1) is 0 Å². The largest absolute Gasteiger partial charge is 0.308 e. The van der Waals surface area contributed by atoms with Gasteiger partial charge in [0.25, 0.3) is 5.69 Å². The maximum Gasteiger partial charge on any atom is 0.273 e. The van der Waals surface area contributed by atoms with Crippen molar-refractivity contribution in [1.82, 2.24) is 5.32 Å². The maximum atomic E-state index is 10.8. The second kappa shape index (κ2) is 6.08. The molecule has 2 aromatic rings. The van der Waals surface area contributed by atoms with Crippen LogP contribution in [0, 0.1) is 10.1 Å². The molecule has 1 heterocycles. The Labute approximate surface area is 117 Å². The van der Waals surface area contributed by atoms with Gasteiger partial charge in [-0.1, -0.05) is 18.2 Å². The highest BCUT2D eigenvalue weighted by Crippen LogP contribution is 2.21. The molecule has 4 nitrogen and oxygen atoms in total. The summed E-state index contributed by atoms with van der Waals surface area (Å²) in [6.45, 7) is 1.18. The number of rotatable bonds is 5. The summed E-state index contributed by atoms with van der Waals surface area (Å²) in [6, 6.07) is 6.78. The molecule has 0 spiro atoms. The van der Waals surface area contributed by atoms with E-state index in [1.165, 1.54) is 11.6 Å². The van der Waals surface area contributed by atoms with Crippen molar-refractivity contribution in [1.29, 1.82) is 0 Å². The highest BCUT2D eigenvalue weighted by Gasteiger charge is 2.11. The smallest absolute Gasteiger partial charge is 0.273 e. The summed E-state index contributed by atoms with van der Waals surface area (Å²) in [4.78, 5) is 10.5. The summed E-state index contributed by atoms with van der Waals surface area (Å²) < 4.78 is 1.07. The zero-order valence-electron chi connectivity index (χ0n) is 9.43. The van der Waals surface area contributed by atoms with Crippen LogP contribution in [0.4, 0.5) is 5.69 Å². The van der Waals surface area contributed by atoms with E-state index in [2.05, 4.69) is 26.6 Å². The lowest BCUT2D eigenvalue weighted by molar-refractivity contribution is -0.385. The van der Waals surface area contributed by atoms with Gasteiger partial charge in [0, 0.05) is 34.6 Å². The second-order valence-electron chi connectivity index (χ2n) is 3.73. The second-order valence-corrected chi connectivity index (χ2v) is 5.33. The van der Waals surface area contributed by atoms with E-state index in [1.807, 2.05) is 11.4 Å². The molecule has 1 aromatic heterocycles. The number of nitro benzene ring substituents is 1. The summed E-state index contributed by atoms with van der Waals surface area (Å²) >= 11 is 5.08. The number of thiophene rings is 1. The van der Waals surface area contributed by atoms with Crippen molar-refractivity contribution < 1.29 is 4.92 Å². The first-order valence-corrected chi connectivity index (χ1v) is 7.05. The van der Waals surface area contributed by atoms with E-state index in [1.54, 1.807) is 23.5 Å².